The van der Waals surface area contributed by atoms with Gasteiger partial charge in [0.15, 0.2) is 15.8 Å². The summed E-state index contributed by atoms with van der Waals surface area (Å²) in [4.78, 5) is 28.2. The van der Waals surface area contributed by atoms with Crippen LogP contribution in [-0.4, -0.2) is 47.3 Å². The molecule has 0 spiro atoms. The maximum absolute atomic E-state index is 14.1. The number of aliphatic hydroxyl groups excluding tert-OH is 1. The molecule has 0 saturated carbocycles. The minimum atomic E-state index is -0.994. The van der Waals surface area contributed by atoms with Gasteiger partial charge in [0.25, 0.3) is 5.78 Å². The summed E-state index contributed by atoms with van der Waals surface area (Å²) in [6, 6.07) is 17.1. The molecule has 3 aromatic carbocycles. The van der Waals surface area contributed by atoms with Gasteiger partial charge in [-0.05, 0) is 47.5 Å². The number of amides is 1. The number of fused-ring (bicyclic) bond motifs is 1. The fourth-order valence-electron chi connectivity index (χ4n) is 4.59. The van der Waals surface area contributed by atoms with E-state index >= 15 is 0 Å². The number of aliphatic hydroxyl groups is 1. The molecule has 4 aromatic rings. The smallest absolute Gasteiger partial charge is 0.301 e. The Labute approximate surface area is 242 Å². The number of anilines is 1. The second-order valence-electron chi connectivity index (χ2n) is 9.03. The van der Waals surface area contributed by atoms with E-state index in [1.807, 2.05) is 0 Å². The lowest BCUT2D eigenvalue weighted by molar-refractivity contribution is -0.132. The summed E-state index contributed by atoms with van der Waals surface area (Å²) in [7, 11) is 1.53. The molecule has 0 radical (unpaired) electrons. The van der Waals surface area contributed by atoms with Crippen LogP contribution in [0.1, 0.15) is 22.7 Å². The Morgan fingerprint density at radius 1 is 1.07 bits per heavy atom. The van der Waals surface area contributed by atoms with Gasteiger partial charge in [0.2, 0.25) is 5.13 Å². The van der Waals surface area contributed by atoms with Crippen LogP contribution in [0, 0.1) is 5.82 Å². The highest BCUT2D eigenvalue weighted by Gasteiger charge is 2.48. The van der Waals surface area contributed by atoms with E-state index in [-0.39, 0.29) is 22.3 Å². The van der Waals surface area contributed by atoms with E-state index in [4.69, 9.17) is 14.2 Å². The number of benzene rings is 3. The number of ketones is 1. The van der Waals surface area contributed by atoms with E-state index in [0.717, 1.165) is 11.3 Å². The zero-order chi connectivity index (χ0) is 28.5. The number of Topliss-reactive ketones (excluding diaryl/α,β-unsaturated/α-hetero) is 1. The Kier molecular flexibility index (Phi) is 7.33. The predicted octanol–water partition coefficient (Wildman–Crippen LogP) is 5.38. The van der Waals surface area contributed by atoms with Crippen molar-refractivity contribution in [3.05, 3.63) is 94.8 Å². The van der Waals surface area contributed by atoms with Gasteiger partial charge in [-0.15, -0.1) is 10.2 Å². The number of halogens is 1. The first-order chi connectivity index (χ1) is 19.9. The van der Waals surface area contributed by atoms with E-state index in [2.05, 4.69) is 10.2 Å². The minimum Gasteiger partial charge on any atom is -0.507 e. The number of hydrogen-bond donors (Lipinski definition) is 1. The Morgan fingerprint density at radius 3 is 2.59 bits per heavy atom. The number of aromatic nitrogens is 2. The van der Waals surface area contributed by atoms with E-state index < -0.39 is 17.7 Å². The summed E-state index contributed by atoms with van der Waals surface area (Å²) < 4.78 is 31.1. The molecule has 1 atom stereocenters. The van der Waals surface area contributed by atoms with E-state index in [0.29, 0.717) is 57.2 Å². The number of methoxy groups -OCH3 is 1. The first-order valence-corrected chi connectivity index (χ1v) is 14.3. The molecule has 2 aliphatic rings. The van der Waals surface area contributed by atoms with Crippen LogP contribution in [0.3, 0.4) is 0 Å². The highest BCUT2D eigenvalue weighted by Crippen LogP contribution is 2.45. The quantitative estimate of drug-likeness (QED) is 0.0996. The molecule has 1 N–H and O–H groups in total. The fraction of sp³-hybridized carbons (Fsp3) is 0.172. The van der Waals surface area contributed by atoms with Crippen molar-refractivity contribution >= 4 is 45.7 Å². The third kappa shape index (κ3) is 5.11. The van der Waals surface area contributed by atoms with E-state index in [1.165, 1.54) is 29.8 Å². The second kappa shape index (κ2) is 11.2. The summed E-state index contributed by atoms with van der Waals surface area (Å²) in [5.41, 5.74) is 1.25. The van der Waals surface area contributed by atoms with Crippen molar-refractivity contribution in [3.8, 4) is 17.2 Å². The number of ether oxygens (including phenoxy) is 3. The summed E-state index contributed by atoms with van der Waals surface area (Å²) in [5.74, 6) is -0.561. The molecule has 1 amide bonds. The highest BCUT2D eigenvalue weighted by molar-refractivity contribution is 8.00. The van der Waals surface area contributed by atoms with Gasteiger partial charge >= 0.3 is 5.91 Å². The molecule has 1 aromatic heterocycles. The molecule has 6 rings (SSSR count). The summed E-state index contributed by atoms with van der Waals surface area (Å²) in [5, 5.41) is 20.0. The van der Waals surface area contributed by atoms with Gasteiger partial charge in [0, 0.05) is 11.3 Å². The maximum Gasteiger partial charge on any atom is 0.301 e. The van der Waals surface area contributed by atoms with Gasteiger partial charge < -0.3 is 19.3 Å². The number of thioether (sulfide) groups is 1. The van der Waals surface area contributed by atoms with Crippen molar-refractivity contribution in [2.75, 3.05) is 25.2 Å². The first kappa shape index (κ1) is 26.8. The first-order valence-electron chi connectivity index (χ1n) is 12.5. The fourth-order valence-corrected chi connectivity index (χ4v) is 6.44. The minimum absolute atomic E-state index is 0.104. The van der Waals surface area contributed by atoms with Gasteiger partial charge in [-0.3, -0.25) is 14.5 Å². The highest BCUT2D eigenvalue weighted by atomic mass is 32.2. The number of carbonyl (C=O) groups is 2. The zero-order valence-electron chi connectivity index (χ0n) is 21.6. The van der Waals surface area contributed by atoms with Crippen LogP contribution in [0.25, 0.3) is 5.76 Å². The number of hydrogen-bond acceptors (Lipinski definition) is 10. The molecular formula is C29H22FN3O6S2. The van der Waals surface area contributed by atoms with Crippen molar-refractivity contribution in [1.29, 1.82) is 0 Å². The molecule has 12 heteroatoms. The number of nitrogens with zero attached hydrogens (tertiary/aromatic N) is 3. The largest absolute Gasteiger partial charge is 0.507 e. The average Bonchev–Trinajstić information content (AvgIpc) is 3.58. The van der Waals surface area contributed by atoms with Gasteiger partial charge in [-0.1, -0.05) is 53.4 Å². The molecule has 0 unspecified atom stereocenters. The van der Waals surface area contributed by atoms with Crippen LogP contribution >= 0.6 is 23.1 Å². The van der Waals surface area contributed by atoms with Crippen molar-refractivity contribution in [1.82, 2.24) is 10.2 Å². The summed E-state index contributed by atoms with van der Waals surface area (Å²) in [6.07, 6.45) is 0. The zero-order valence-corrected chi connectivity index (χ0v) is 23.2. The van der Waals surface area contributed by atoms with Crippen molar-refractivity contribution in [3.63, 3.8) is 0 Å². The third-order valence-corrected chi connectivity index (χ3v) is 8.71. The molecular weight excluding hydrogens is 569 g/mol. The van der Waals surface area contributed by atoms with Crippen molar-refractivity contribution in [2.45, 2.75) is 16.1 Å². The van der Waals surface area contributed by atoms with Gasteiger partial charge in [0.1, 0.15) is 30.5 Å². The van der Waals surface area contributed by atoms with Crippen molar-refractivity contribution < 1.29 is 33.3 Å². The monoisotopic (exact) mass is 591 g/mol. The van der Waals surface area contributed by atoms with Gasteiger partial charge in [-0.25, -0.2) is 4.39 Å². The molecule has 3 heterocycles. The van der Waals surface area contributed by atoms with Gasteiger partial charge in [0.05, 0.1) is 18.7 Å². The number of rotatable bonds is 7. The van der Waals surface area contributed by atoms with Crippen LogP contribution in [-0.2, 0) is 15.3 Å². The van der Waals surface area contributed by atoms with Crippen LogP contribution in [0.4, 0.5) is 9.52 Å². The van der Waals surface area contributed by atoms with Crippen LogP contribution in [0.2, 0.25) is 0 Å². The molecule has 208 valence electrons. The van der Waals surface area contributed by atoms with Crippen molar-refractivity contribution in [2.24, 2.45) is 0 Å². The second-order valence-corrected chi connectivity index (χ2v) is 11.2. The van der Waals surface area contributed by atoms with Crippen LogP contribution in [0.15, 0.2) is 76.6 Å². The van der Waals surface area contributed by atoms with E-state index in [9.17, 15) is 19.1 Å². The summed E-state index contributed by atoms with van der Waals surface area (Å²) in [6.45, 7) is 0.755. The molecule has 1 fully saturated rings. The molecule has 9 nitrogen and oxygen atoms in total. The Balaban J connectivity index is 1.39. The third-order valence-electron chi connectivity index (χ3n) is 6.60. The standard InChI is InChI=1S/C29H22FN3O6S2/c1-37-19-9-6-16(7-10-19)24-23(25(34)17-8-11-21-22(14-17)39-13-12-38-21)26(35)27(36)33(24)28-31-32-29(41-28)40-15-18-4-2-3-5-20(18)30/h2-11,14,24,34H,12-13,15H2,1H3/t24-/m1/s1. The van der Waals surface area contributed by atoms with Crippen LogP contribution in [0.5, 0.6) is 17.2 Å². The average molecular weight is 592 g/mol. The van der Waals surface area contributed by atoms with Crippen LogP contribution < -0.4 is 19.1 Å². The van der Waals surface area contributed by atoms with E-state index in [1.54, 1.807) is 60.7 Å². The molecule has 1 saturated heterocycles. The summed E-state index contributed by atoms with van der Waals surface area (Å²) >= 11 is 2.37. The number of carbonyl (C=O) groups excluding carboxylic acids is 2. The Bertz CT molecular complexity index is 1670. The lowest BCUT2D eigenvalue weighted by Crippen LogP contribution is -2.29. The predicted molar refractivity (Wildman–Crippen MR) is 151 cm³/mol. The topological polar surface area (TPSA) is 111 Å². The Morgan fingerprint density at radius 2 is 1.83 bits per heavy atom. The molecule has 41 heavy (non-hydrogen) atoms. The lowest BCUT2D eigenvalue weighted by Gasteiger charge is -2.23. The molecule has 0 bridgehead atoms. The maximum atomic E-state index is 14.1. The lowest BCUT2D eigenvalue weighted by atomic mass is 9.95. The SMILES string of the molecule is COc1ccc([C@@H]2C(=C(O)c3ccc4c(c3)OCCO4)C(=O)C(=O)N2c2nnc(SCc3ccccc3F)s2)cc1. The molecule has 2 aliphatic heterocycles. The normalized spacial score (nSPS) is 17.6. The molecule has 0 aliphatic carbocycles. The Hall–Kier alpha value is -4.42. The van der Waals surface area contributed by atoms with Gasteiger partial charge in [-0.2, -0.15) is 0 Å².